The Bertz CT molecular complexity index is 1350. The molecule has 0 radical (unpaired) electrons. The fourth-order valence-electron chi connectivity index (χ4n) is 3.86. The van der Waals surface area contributed by atoms with Crippen molar-refractivity contribution >= 4 is 61.2 Å². The number of morpholine rings is 1. The third-order valence-electron chi connectivity index (χ3n) is 5.61. The van der Waals surface area contributed by atoms with Crippen LogP contribution >= 0.6 is 11.3 Å². The van der Waals surface area contributed by atoms with Crippen molar-refractivity contribution in [3.63, 3.8) is 0 Å². The normalized spacial score (nSPS) is 13.5. The van der Waals surface area contributed by atoms with Crippen LogP contribution in [0.4, 0.5) is 27.9 Å². The summed E-state index contributed by atoms with van der Waals surface area (Å²) in [6.45, 7) is 4.79. The molecule has 1 aliphatic heterocycles. The van der Waals surface area contributed by atoms with E-state index in [2.05, 4.69) is 38.0 Å². The van der Waals surface area contributed by atoms with Gasteiger partial charge in [-0.2, -0.15) is 0 Å². The van der Waals surface area contributed by atoms with Gasteiger partial charge in [0.1, 0.15) is 0 Å². The van der Waals surface area contributed by atoms with Gasteiger partial charge in [-0.1, -0.05) is 11.3 Å². The molecule has 3 N–H and O–H groups in total. The molecule has 0 saturated carbocycles. The van der Waals surface area contributed by atoms with Gasteiger partial charge in [-0.3, -0.25) is 9.59 Å². The summed E-state index contributed by atoms with van der Waals surface area (Å²) in [5, 5.41) is 9.73. The maximum atomic E-state index is 12.8. The average molecular weight is 488 g/mol. The van der Waals surface area contributed by atoms with Crippen LogP contribution in [-0.2, 0) is 9.53 Å². The number of fused-ring (bicyclic) bond motifs is 1. The zero-order valence-corrected chi connectivity index (χ0v) is 20.0. The monoisotopic (exact) mass is 487 g/mol. The van der Waals surface area contributed by atoms with Crippen LogP contribution in [0.1, 0.15) is 17.3 Å². The number of hydrogen-bond acceptors (Lipinski definition) is 7. The highest BCUT2D eigenvalue weighted by Gasteiger charge is 2.12. The van der Waals surface area contributed by atoms with E-state index in [0.717, 1.165) is 47.3 Å². The number of rotatable bonds is 6. The number of carbonyl (C=O) groups excluding carboxylic acids is 2. The van der Waals surface area contributed by atoms with Gasteiger partial charge in [0, 0.05) is 48.3 Å². The Labute approximate surface area is 206 Å². The molecular weight excluding hydrogens is 462 g/mol. The van der Waals surface area contributed by atoms with Crippen LogP contribution in [0.3, 0.4) is 0 Å². The number of aromatic nitrogens is 1. The standard InChI is InChI=1S/C26H25N5O3S/c1-17(32)27-19-3-5-20(6-4-19)28-25(33)18-2-11-23-24(16-18)35-26(30-23)29-21-7-9-22(10-8-21)31-12-14-34-15-13-31/h2-11,16H,12-15H2,1H3,(H,27,32)(H,28,33)(H,29,30). The lowest BCUT2D eigenvalue weighted by Gasteiger charge is -2.28. The third kappa shape index (κ3) is 5.59. The lowest BCUT2D eigenvalue weighted by atomic mass is 10.2. The number of amides is 2. The minimum absolute atomic E-state index is 0.140. The Morgan fingerprint density at radius 1 is 0.886 bits per heavy atom. The van der Waals surface area contributed by atoms with Crippen LogP contribution in [0, 0.1) is 0 Å². The Morgan fingerprint density at radius 3 is 2.23 bits per heavy atom. The number of benzene rings is 3. The van der Waals surface area contributed by atoms with Crippen LogP contribution in [-0.4, -0.2) is 43.1 Å². The fourth-order valence-corrected chi connectivity index (χ4v) is 4.79. The van der Waals surface area contributed by atoms with Gasteiger partial charge in [-0.25, -0.2) is 4.98 Å². The molecule has 0 spiro atoms. The van der Waals surface area contributed by atoms with Crippen LogP contribution in [0.5, 0.6) is 0 Å². The molecule has 4 aromatic rings. The van der Waals surface area contributed by atoms with E-state index >= 15 is 0 Å². The minimum Gasteiger partial charge on any atom is -0.378 e. The molecule has 3 aromatic carbocycles. The zero-order valence-electron chi connectivity index (χ0n) is 19.2. The van der Waals surface area contributed by atoms with Gasteiger partial charge in [0.2, 0.25) is 5.91 Å². The molecule has 2 amide bonds. The Hall–Kier alpha value is -3.95. The van der Waals surface area contributed by atoms with E-state index in [9.17, 15) is 9.59 Å². The molecule has 1 fully saturated rings. The van der Waals surface area contributed by atoms with Gasteiger partial charge in [-0.05, 0) is 66.7 Å². The number of hydrogen-bond donors (Lipinski definition) is 3. The largest absolute Gasteiger partial charge is 0.378 e. The molecule has 8 nitrogen and oxygen atoms in total. The van der Waals surface area contributed by atoms with E-state index in [0.29, 0.717) is 16.9 Å². The summed E-state index contributed by atoms with van der Waals surface area (Å²) in [6.07, 6.45) is 0. The molecule has 35 heavy (non-hydrogen) atoms. The highest BCUT2D eigenvalue weighted by atomic mass is 32.1. The smallest absolute Gasteiger partial charge is 0.255 e. The molecule has 1 aromatic heterocycles. The summed E-state index contributed by atoms with van der Waals surface area (Å²) in [4.78, 5) is 30.9. The molecule has 178 valence electrons. The molecule has 9 heteroatoms. The Morgan fingerprint density at radius 2 is 1.54 bits per heavy atom. The van der Waals surface area contributed by atoms with E-state index in [1.165, 1.54) is 23.9 Å². The Kier molecular flexibility index (Phi) is 6.60. The molecular formula is C26H25N5O3S. The van der Waals surface area contributed by atoms with E-state index < -0.39 is 0 Å². The van der Waals surface area contributed by atoms with Gasteiger partial charge in [0.15, 0.2) is 5.13 Å². The number of nitrogens with one attached hydrogen (secondary N) is 3. The van der Waals surface area contributed by atoms with Gasteiger partial charge in [0.25, 0.3) is 5.91 Å². The van der Waals surface area contributed by atoms with Crippen molar-refractivity contribution in [1.29, 1.82) is 0 Å². The van der Waals surface area contributed by atoms with Crippen molar-refractivity contribution in [2.45, 2.75) is 6.92 Å². The second kappa shape index (κ2) is 10.1. The summed E-state index contributed by atoms with van der Waals surface area (Å²) in [6, 6.07) is 20.8. The molecule has 1 saturated heterocycles. The topological polar surface area (TPSA) is 95.6 Å². The molecule has 0 unspecified atom stereocenters. The lowest BCUT2D eigenvalue weighted by molar-refractivity contribution is -0.114. The first-order valence-electron chi connectivity index (χ1n) is 11.3. The first-order valence-corrected chi connectivity index (χ1v) is 12.1. The second-order valence-corrected chi connectivity index (χ2v) is 9.22. The van der Waals surface area contributed by atoms with Crippen molar-refractivity contribution in [2.24, 2.45) is 0 Å². The van der Waals surface area contributed by atoms with Crippen molar-refractivity contribution in [3.05, 3.63) is 72.3 Å². The summed E-state index contributed by atoms with van der Waals surface area (Å²) in [5.41, 5.74) is 4.85. The molecule has 1 aliphatic rings. The first-order chi connectivity index (χ1) is 17.0. The number of ether oxygens (including phenoxy) is 1. The van der Waals surface area contributed by atoms with Crippen LogP contribution in [0.15, 0.2) is 66.7 Å². The summed E-state index contributed by atoms with van der Waals surface area (Å²) < 4.78 is 6.35. The number of nitrogens with zero attached hydrogens (tertiary/aromatic N) is 2. The SMILES string of the molecule is CC(=O)Nc1ccc(NC(=O)c2ccc3nc(Nc4ccc(N5CCOCC5)cc4)sc3c2)cc1. The molecule has 2 heterocycles. The third-order valence-corrected chi connectivity index (χ3v) is 6.54. The Balaban J connectivity index is 1.24. The van der Waals surface area contributed by atoms with Crippen LogP contribution in [0.25, 0.3) is 10.2 Å². The van der Waals surface area contributed by atoms with Crippen molar-refractivity contribution in [3.8, 4) is 0 Å². The zero-order chi connectivity index (χ0) is 24.2. The molecule has 0 atom stereocenters. The van der Waals surface area contributed by atoms with E-state index in [1.54, 1.807) is 30.3 Å². The molecule has 0 bridgehead atoms. The van der Waals surface area contributed by atoms with Gasteiger partial charge < -0.3 is 25.6 Å². The molecule has 5 rings (SSSR count). The average Bonchev–Trinajstić information content (AvgIpc) is 3.27. The predicted molar refractivity (Wildman–Crippen MR) is 141 cm³/mol. The quantitative estimate of drug-likeness (QED) is 0.351. The van der Waals surface area contributed by atoms with E-state index in [-0.39, 0.29) is 11.8 Å². The summed E-state index contributed by atoms with van der Waals surface area (Å²) in [7, 11) is 0. The maximum absolute atomic E-state index is 12.8. The summed E-state index contributed by atoms with van der Waals surface area (Å²) in [5.74, 6) is -0.348. The van der Waals surface area contributed by atoms with Gasteiger partial charge in [0.05, 0.1) is 23.4 Å². The lowest BCUT2D eigenvalue weighted by Crippen LogP contribution is -2.36. The van der Waals surface area contributed by atoms with Crippen LogP contribution in [0.2, 0.25) is 0 Å². The maximum Gasteiger partial charge on any atom is 0.255 e. The number of thiazole rings is 1. The number of anilines is 5. The predicted octanol–water partition coefficient (Wildman–Crippen LogP) is 5.09. The van der Waals surface area contributed by atoms with Crippen molar-refractivity contribution in [2.75, 3.05) is 47.2 Å². The highest BCUT2D eigenvalue weighted by molar-refractivity contribution is 7.22. The van der Waals surface area contributed by atoms with Gasteiger partial charge >= 0.3 is 0 Å². The molecule has 0 aliphatic carbocycles. The van der Waals surface area contributed by atoms with E-state index in [4.69, 9.17) is 4.74 Å². The van der Waals surface area contributed by atoms with E-state index in [1.807, 2.05) is 24.3 Å². The second-order valence-electron chi connectivity index (χ2n) is 8.19. The van der Waals surface area contributed by atoms with Gasteiger partial charge in [-0.15, -0.1) is 0 Å². The number of carbonyl (C=O) groups is 2. The first kappa shape index (κ1) is 22.8. The minimum atomic E-state index is -0.208. The highest BCUT2D eigenvalue weighted by Crippen LogP contribution is 2.30. The fraction of sp³-hybridized carbons (Fsp3) is 0.192. The van der Waals surface area contributed by atoms with Crippen LogP contribution < -0.4 is 20.9 Å². The van der Waals surface area contributed by atoms with Crippen molar-refractivity contribution in [1.82, 2.24) is 4.98 Å². The summed E-state index contributed by atoms with van der Waals surface area (Å²) >= 11 is 1.50. The van der Waals surface area contributed by atoms with Crippen molar-refractivity contribution < 1.29 is 14.3 Å².